The number of hydrogen-bond donors (Lipinski definition) is 1. The minimum Gasteiger partial charge on any atom is -0.461 e. The molecule has 0 aromatic heterocycles. The van der Waals surface area contributed by atoms with Gasteiger partial charge in [-0.15, -0.1) is 0 Å². The summed E-state index contributed by atoms with van der Waals surface area (Å²) in [7, 11) is -4.11. The van der Waals surface area contributed by atoms with Crippen LogP contribution in [0, 0.1) is 0 Å². The largest absolute Gasteiger partial charge is 0.461 e. The number of nitrogens with one attached hydrogen (secondary N) is 1. The molecule has 0 fully saturated rings. The molecule has 0 atom stereocenters. The van der Waals surface area contributed by atoms with Crippen LogP contribution >= 0.6 is 11.6 Å². The van der Waals surface area contributed by atoms with Crippen LogP contribution < -0.4 is 5.43 Å². The molecule has 2 aromatic rings. The molecule has 0 saturated heterocycles. The number of ether oxygens (including phenoxy) is 1. The molecule has 1 N–H and O–H groups in total. The van der Waals surface area contributed by atoms with Crippen molar-refractivity contribution < 1.29 is 17.9 Å². The molecule has 24 heavy (non-hydrogen) atoms. The van der Waals surface area contributed by atoms with Crippen LogP contribution in [0.4, 0.5) is 5.69 Å². The minimum absolute atomic E-state index is 0.0309. The first-order valence-electron chi connectivity index (χ1n) is 7.01. The van der Waals surface area contributed by atoms with Gasteiger partial charge in [0.05, 0.1) is 17.2 Å². The molecule has 0 heterocycles. The van der Waals surface area contributed by atoms with Crippen LogP contribution in [0.2, 0.25) is 5.02 Å². The van der Waals surface area contributed by atoms with Crippen molar-refractivity contribution in [2.45, 2.75) is 11.8 Å². The van der Waals surface area contributed by atoms with Gasteiger partial charge in [-0.3, -0.25) is 5.43 Å². The number of hydrazone groups is 1. The van der Waals surface area contributed by atoms with E-state index in [4.69, 9.17) is 16.3 Å². The highest BCUT2D eigenvalue weighted by molar-refractivity contribution is 8.08. The smallest absolute Gasteiger partial charge is 0.371 e. The van der Waals surface area contributed by atoms with Gasteiger partial charge in [-0.1, -0.05) is 29.8 Å². The van der Waals surface area contributed by atoms with Crippen LogP contribution in [0.1, 0.15) is 6.92 Å². The van der Waals surface area contributed by atoms with E-state index in [1.54, 1.807) is 49.4 Å². The van der Waals surface area contributed by atoms with Crippen molar-refractivity contribution in [3.05, 3.63) is 59.6 Å². The Morgan fingerprint density at radius 3 is 2.33 bits per heavy atom. The third-order valence-corrected chi connectivity index (χ3v) is 4.80. The van der Waals surface area contributed by atoms with Crippen molar-refractivity contribution in [3.8, 4) is 0 Å². The standard InChI is InChI=1S/C16H15ClN2O4S/c1-2-23-16(20)15(19-18-13-10-8-12(17)9-11-13)24(21,22)14-6-4-3-5-7-14/h3-11,18H,2H2,1H3/b19-15+. The number of carbonyl (C=O) groups is 1. The first-order valence-corrected chi connectivity index (χ1v) is 8.87. The van der Waals surface area contributed by atoms with Gasteiger partial charge in [0.15, 0.2) is 0 Å². The first-order chi connectivity index (χ1) is 11.4. The molecule has 126 valence electrons. The molecule has 6 nitrogen and oxygen atoms in total. The fourth-order valence-electron chi connectivity index (χ4n) is 1.76. The summed E-state index contributed by atoms with van der Waals surface area (Å²) in [6.45, 7) is 1.61. The van der Waals surface area contributed by atoms with E-state index >= 15 is 0 Å². The Balaban J connectivity index is 2.39. The fourth-order valence-corrected chi connectivity index (χ4v) is 3.07. The number of rotatable bonds is 4. The Kier molecular flexibility index (Phi) is 5.94. The molecule has 0 bridgehead atoms. The van der Waals surface area contributed by atoms with Crippen LogP contribution in [-0.2, 0) is 19.4 Å². The Morgan fingerprint density at radius 1 is 1.12 bits per heavy atom. The predicted molar refractivity (Wildman–Crippen MR) is 92.8 cm³/mol. The lowest BCUT2D eigenvalue weighted by molar-refractivity contribution is -0.134. The van der Waals surface area contributed by atoms with E-state index < -0.39 is 20.9 Å². The van der Waals surface area contributed by atoms with E-state index in [0.717, 1.165) is 0 Å². The summed E-state index contributed by atoms with van der Waals surface area (Å²) < 4.78 is 30.1. The number of halogens is 1. The zero-order chi connectivity index (χ0) is 17.6. The lowest BCUT2D eigenvalue weighted by atomic mass is 10.3. The average Bonchev–Trinajstić information content (AvgIpc) is 2.57. The van der Waals surface area contributed by atoms with E-state index in [0.29, 0.717) is 10.7 Å². The van der Waals surface area contributed by atoms with Gasteiger partial charge in [0.25, 0.3) is 5.04 Å². The van der Waals surface area contributed by atoms with Crippen molar-refractivity contribution in [1.29, 1.82) is 0 Å². The van der Waals surface area contributed by atoms with Crippen LogP contribution in [0.15, 0.2) is 64.6 Å². The van der Waals surface area contributed by atoms with Gasteiger partial charge in [0, 0.05) is 5.02 Å². The molecule has 2 aromatic carbocycles. The number of benzene rings is 2. The number of sulfone groups is 1. The second-order valence-corrected chi connectivity index (χ2v) is 6.87. The third kappa shape index (κ3) is 4.33. The van der Waals surface area contributed by atoms with Gasteiger partial charge in [-0.25, -0.2) is 13.2 Å². The molecule has 0 saturated carbocycles. The molecule has 8 heteroatoms. The maximum absolute atomic E-state index is 12.6. The number of carbonyl (C=O) groups excluding carboxylic acids is 1. The van der Waals surface area contributed by atoms with E-state index in [1.165, 1.54) is 12.1 Å². The van der Waals surface area contributed by atoms with Gasteiger partial charge in [0.2, 0.25) is 9.84 Å². The summed E-state index contributed by atoms with van der Waals surface area (Å²) in [5, 5.41) is 3.55. The zero-order valence-corrected chi connectivity index (χ0v) is 14.3. The summed E-state index contributed by atoms with van der Waals surface area (Å²) in [6, 6.07) is 14.0. The second kappa shape index (κ2) is 7.94. The summed E-state index contributed by atoms with van der Waals surface area (Å²) in [6.07, 6.45) is 0. The zero-order valence-electron chi connectivity index (χ0n) is 12.8. The van der Waals surface area contributed by atoms with Gasteiger partial charge in [-0.2, -0.15) is 5.10 Å². The SMILES string of the molecule is CCOC(=O)/C(=N\Nc1ccc(Cl)cc1)S(=O)(=O)c1ccccc1. The molecular formula is C16H15ClN2O4S. The molecule has 0 aliphatic carbocycles. The number of esters is 1. The summed E-state index contributed by atoms with van der Waals surface area (Å²) >= 11 is 5.79. The molecule has 0 aliphatic heterocycles. The Labute approximate surface area is 145 Å². The van der Waals surface area contributed by atoms with E-state index in [9.17, 15) is 13.2 Å². The highest BCUT2D eigenvalue weighted by Gasteiger charge is 2.30. The highest BCUT2D eigenvalue weighted by atomic mass is 35.5. The number of hydrogen-bond acceptors (Lipinski definition) is 6. The first kappa shape index (κ1) is 18.0. The van der Waals surface area contributed by atoms with Crippen LogP contribution in [-0.4, -0.2) is 26.0 Å². The van der Waals surface area contributed by atoms with Crippen LogP contribution in [0.3, 0.4) is 0 Å². The molecule has 0 unspecified atom stereocenters. The summed E-state index contributed by atoms with van der Waals surface area (Å²) in [4.78, 5) is 12.0. The summed E-state index contributed by atoms with van der Waals surface area (Å²) in [5.74, 6) is -1.03. The van der Waals surface area contributed by atoms with Crippen molar-refractivity contribution in [3.63, 3.8) is 0 Å². The third-order valence-electron chi connectivity index (χ3n) is 2.89. The van der Waals surface area contributed by atoms with E-state index in [-0.39, 0.29) is 11.5 Å². The van der Waals surface area contributed by atoms with Crippen LogP contribution in [0.25, 0.3) is 0 Å². The highest BCUT2D eigenvalue weighted by Crippen LogP contribution is 2.16. The summed E-state index contributed by atoms with van der Waals surface area (Å²) in [5.41, 5.74) is 3.01. The average molecular weight is 367 g/mol. The second-order valence-electron chi connectivity index (χ2n) is 4.57. The Morgan fingerprint density at radius 2 is 1.75 bits per heavy atom. The number of anilines is 1. The Hall–Kier alpha value is -2.38. The topological polar surface area (TPSA) is 84.8 Å². The monoisotopic (exact) mass is 366 g/mol. The molecule has 0 amide bonds. The Bertz CT molecular complexity index is 834. The minimum atomic E-state index is -4.11. The van der Waals surface area contributed by atoms with Crippen molar-refractivity contribution in [2.75, 3.05) is 12.0 Å². The quantitative estimate of drug-likeness (QED) is 0.389. The van der Waals surface area contributed by atoms with Crippen LogP contribution in [0.5, 0.6) is 0 Å². The van der Waals surface area contributed by atoms with Gasteiger partial charge in [-0.05, 0) is 43.3 Å². The van der Waals surface area contributed by atoms with Gasteiger partial charge >= 0.3 is 5.97 Å². The predicted octanol–water partition coefficient (Wildman–Crippen LogP) is 3.10. The number of nitrogens with zero attached hydrogens (tertiary/aromatic N) is 1. The lowest BCUT2D eigenvalue weighted by Crippen LogP contribution is -2.28. The van der Waals surface area contributed by atoms with E-state index in [1.807, 2.05) is 0 Å². The van der Waals surface area contributed by atoms with Crippen molar-refractivity contribution >= 4 is 38.1 Å². The van der Waals surface area contributed by atoms with Crippen molar-refractivity contribution in [2.24, 2.45) is 5.10 Å². The van der Waals surface area contributed by atoms with Crippen molar-refractivity contribution in [1.82, 2.24) is 0 Å². The molecule has 0 spiro atoms. The lowest BCUT2D eigenvalue weighted by Gasteiger charge is -2.08. The molecule has 0 aliphatic rings. The fraction of sp³-hybridized carbons (Fsp3) is 0.125. The normalized spacial score (nSPS) is 11.8. The van der Waals surface area contributed by atoms with Gasteiger partial charge < -0.3 is 4.74 Å². The van der Waals surface area contributed by atoms with E-state index in [2.05, 4.69) is 10.5 Å². The molecule has 2 rings (SSSR count). The van der Waals surface area contributed by atoms with Gasteiger partial charge in [0.1, 0.15) is 0 Å². The maximum atomic E-state index is 12.6. The molecular weight excluding hydrogens is 352 g/mol. The molecule has 0 radical (unpaired) electrons. The maximum Gasteiger partial charge on any atom is 0.371 e.